The molecule has 1 saturated carbocycles. The Bertz CT molecular complexity index is 1860. The zero-order valence-electron chi connectivity index (χ0n) is 28.7. The molecule has 1 N–H and O–H groups in total. The molecule has 0 radical (unpaired) electrons. The lowest BCUT2D eigenvalue weighted by atomic mass is 9.94. The zero-order chi connectivity index (χ0) is 35.7. The predicted molar refractivity (Wildman–Crippen MR) is 196 cm³/mol. The zero-order valence-corrected chi connectivity index (χ0v) is 30.3. The number of rotatable bonds is 14. The third-order valence-corrected chi connectivity index (χ3v) is 11.0. The Labute approximate surface area is 300 Å². The molecule has 2 amide bonds. The Balaban J connectivity index is 1.61. The maximum atomic E-state index is 14.9. The first-order chi connectivity index (χ1) is 24.1. The van der Waals surface area contributed by atoms with E-state index in [2.05, 4.69) is 5.32 Å². The maximum Gasteiger partial charge on any atom is 0.264 e. The van der Waals surface area contributed by atoms with Gasteiger partial charge in [0, 0.05) is 30.1 Å². The molecule has 0 bridgehead atoms. The molecule has 0 saturated heterocycles. The van der Waals surface area contributed by atoms with E-state index in [0.717, 1.165) is 47.5 Å². The Morgan fingerprint density at radius 1 is 0.860 bits per heavy atom. The minimum Gasteiger partial charge on any atom is -0.497 e. The van der Waals surface area contributed by atoms with Gasteiger partial charge in [0.1, 0.15) is 24.1 Å². The molecule has 264 valence electrons. The molecule has 4 aromatic rings. The molecule has 1 aliphatic carbocycles. The van der Waals surface area contributed by atoms with Crippen LogP contribution in [-0.2, 0) is 32.6 Å². The van der Waals surface area contributed by atoms with Crippen LogP contribution in [0.25, 0.3) is 0 Å². The van der Waals surface area contributed by atoms with E-state index in [-0.39, 0.29) is 41.2 Å². The standard InChI is InChI=1S/C39H44ClN3O6S/c1-28-17-20-34(21-18-28)50(46,47)43(35-25-33(48-2)19-22-37(35)49-3)27-38(44)42(26-30-13-10-14-31(40)23-30)36(24-29-11-6-4-7-12-29)39(45)41-32-15-8-5-9-16-32/h4,6-7,10-14,17-23,25,32,36H,5,8-9,15-16,24,26-27H2,1-3H3,(H,41,45). The van der Waals surface area contributed by atoms with Gasteiger partial charge in [-0.15, -0.1) is 0 Å². The molecule has 0 spiro atoms. The molecule has 0 heterocycles. The number of nitrogens with one attached hydrogen (secondary N) is 1. The number of nitrogens with zero attached hydrogens (tertiary/aromatic N) is 2. The molecule has 1 unspecified atom stereocenters. The summed E-state index contributed by atoms with van der Waals surface area (Å²) in [4.78, 5) is 30.6. The van der Waals surface area contributed by atoms with Crippen LogP contribution in [0.5, 0.6) is 11.5 Å². The van der Waals surface area contributed by atoms with Gasteiger partial charge >= 0.3 is 0 Å². The van der Waals surface area contributed by atoms with Crippen molar-refractivity contribution in [1.29, 1.82) is 0 Å². The van der Waals surface area contributed by atoms with Crippen molar-refractivity contribution in [2.75, 3.05) is 25.1 Å². The van der Waals surface area contributed by atoms with E-state index in [1.807, 2.05) is 43.3 Å². The Morgan fingerprint density at radius 3 is 2.22 bits per heavy atom. The van der Waals surface area contributed by atoms with Crippen molar-refractivity contribution in [3.63, 3.8) is 0 Å². The molecule has 0 aromatic heterocycles. The number of hydrogen-bond donors (Lipinski definition) is 1. The van der Waals surface area contributed by atoms with Crippen LogP contribution in [0.15, 0.2) is 102 Å². The smallest absolute Gasteiger partial charge is 0.264 e. The fourth-order valence-corrected chi connectivity index (χ4v) is 7.90. The van der Waals surface area contributed by atoms with Gasteiger partial charge < -0.3 is 19.7 Å². The molecule has 1 aliphatic rings. The van der Waals surface area contributed by atoms with E-state index in [0.29, 0.717) is 16.3 Å². The summed E-state index contributed by atoms with van der Waals surface area (Å²) < 4.78 is 41.1. The van der Waals surface area contributed by atoms with Crippen LogP contribution in [0.1, 0.15) is 48.8 Å². The van der Waals surface area contributed by atoms with Crippen LogP contribution in [-0.4, -0.2) is 58.0 Å². The molecule has 9 nitrogen and oxygen atoms in total. The topological polar surface area (TPSA) is 105 Å². The summed E-state index contributed by atoms with van der Waals surface area (Å²) >= 11 is 6.38. The Kier molecular flexibility index (Phi) is 12.4. The summed E-state index contributed by atoms with van der Waals surface area (Å²) in [6.07, 6.45) is 5.12. The average Bonchev–Trinajstić information content (AvgIpc) is 3.12. The lowest BCUT2D eigenvalue weighted by Gasteiger charge is -2.35. The van der Waals surface area contributed by atoms with E-state index in [1.54, 1.807) is 42.5 Å². The largest absolute Gasteiger partial charge is 0.497 e. The number of sulfonamides is 1. The number of ether oxygens (including phenoxy) is 2. The van der Waals surface area contributed by atoms with Gasteiger partial charge in [0.25, 0.3) is 10.0 Å². The predicted octanol–water partition coefficient (Wildman–Crippen LogP) is 6.95. The van der Waals surface area contributed by atoms with Crippen molar-refractivity contribution in [3.8, 4) is 11.5 Å². The molecular weight excluding hydrogens is 674 g/mol. The summed E-state index contributed by atoms with van der Waals surface area (Å²) in [6.45, 7) is 1.26. The third-order valence-electron chi connectivity index (χ3n) is 9.01. The Morgan fingerprint density at radius 2 is 1.56 bits per heavy atom. The molecule has 11 heteroatoms. The number of methoxy groups -OCH3 is 2. The Hall–Kier alpha value is -4.54. The molecule has 50 heavy (non-hydrogen) atoms. The first kappa shape index (κ1) is 36.7. The van der Waals surface area contributed by atoms with Gasteiger partial charge in [-0.05, 0) is 67.3 Å². The van der Waals surface area contributed by atoms with Crippen molar-refractivity contribution in [1.82, 2.24) is 10.2 Å². The van der Waals surface area contributed by atoms with E-state index in [4.69, 9.17) is 21.1 Å². The summed E-state index contributed by atoms with van der Waals surface area (Å²) in [6, 6.07) is 26.8. The summed E-state index contributed by atoms with van der Waals surface area (Å²) in [7, 11) is -1.43. The van der Waals surface area contributed by atoms with Crippen molar-refractivity contribution in [2.45, 2.75) is 69.0 Å². The molecule has 5 rings (SSSR count). The van der Waals surface area contributed by atoms with E-state index >= 15 is 0 Å². The number of hydrogen-bond acceptors (Lipinski definition) is 6. The molecule has 1 fully saturated rings. The number of aryl methyl sites for hydroxylation is 1. The number of halogens is 1. The third kappa shape index (κ3) is 9.17. The van der Waals surface area contributed by atoms with Gasteiger partial charge in [0.2, 0.25) is 11.8 Å². The van der Waals surface area contributed by atoms with Gasteiger partial charge in [-0.25, -0.2) is 8.42 Å². The fourth-order valence-electron chi connectivity index (χ4n) is 6.27. The summed E-state index contributed by atoms with van der Waals surface area (Å²) in [5.74, 6) is -0.262. The van der Waals surface area contributed by atoms with Gasteiger partial charge in [-0.1, -0.05) is 91.0 Å². The molecule has 4 aromatic carbocycles. The van der Waals surface area contributed by atoms with Crippen molar-refractivity contribution < 1.29 is 27.5 Å². The van der Waals surface area contributed by atoms with E-state index in [1.165, 1.54) is 37.3 Å². The first-order valence-electron chi connectivity index (χ1n) is 16.8. The first-order valence-corrected chi connectivity index (χ1v) is 18.6. The van der Waals surface area contributed by atoms with Crippen molar-refractivity contribution in [2.24, 2.45) is 0 Å². The minimum absolute atomic E-state index is 0.00181. The number of amides is 2. The lowest BCUT2D eigenvalue weighted by molar-refractivity contribution is -0.140. The summed E-state index contributed by atoms with van der Waals surface area (Å²) in [5.41, 5.74) is 2.56. The van der Waals surface area contributed by atoms with Crippen LogP contribution < -0.4 is 19.1 Å². The van der Waals surface area contributed by atoms with E-state index < -0.39 is 28.5 Å². The number of carbonyl (C=O) groups is 2. The van der Waals surface area contributed by atoms with Crippen molar-refractivity contribution in [3.05, 3.63) is 119 Å². The maximum absolute atomic E-state index is 14.9. The highest BCUT2D eigenvalue weighted by Gasteiger charge is 2.36. The van der Waals surface area contributed by atoms with Crippen molar-refractivity contribution >= 4 is 39.1 Å². The minimum atomic E-state index is -4.34. The number of benzene rings is 4. The fraction of sp³-hybridized carbons (Fsp3) is 0.333. The highest BCUT2D eigenvalue weighted by atomic mass is 35.5. The van der Waals surface area contributed by atoms with Crippen LogP contribution in [0.3, 0.4) is 0 Å². The van der Waals surface area contributed by atoms with Gasteiger partial charge in [0.05, 0.1) is 24.8 Å². The van der Waals surface area contributed by atoms with Gasteiger partial charge in [-0.2, -0.15) is 0 Å². The highest BCUT2D eigenvalue weighted by Crippen LogP contribution is 2.36. The summed E-state index contributed by atoms with van der Waals surface area (Å²) in [5, 5.41) is 3.70. The lowest BCUT2D eigenvalue weighted by Crippen LogP contribution is -2.55. The normalized spacial score (nSPS) is 14.0. The van der Waals surface area contributed by atoms with Crippen LogP contribution >= 0.6 is 11.6 Å². The van der Waals surface area contributed by atoms with Crippen LogP contribution in [0.4, 0.5) is 5.69 Å². The second-order valence-corrected chi connectivity index (χ2v) is 14.9. The van der Waals surface area contributed by atoms with Crippen LogP contribution in [0, 0.1) is 6.92 Å². The van der Waals surface area contributed by atoms with E-state index in [9.17, 15) is 18.0 Å². The number of carbonyl (C=O) groups excluding carboxylic acids is 2. The van der Waals surface area contributed by atoms with Gasteiger partial charge in [0.15, 0.2) is 0 Å². The number of anilines is 1. The quantitative estimate of drug-likeness (QED) is 0.151. The monoisotopic (exact) mass is 717 g/mol. The van der Waals surface area contributed by atoms with Gasteiger partial charge in [-0.3, -0.25) is 13.9 Å². The molecule has 1 atom stereocenters. The molecular formula is C39H44ClN3O6S. The van der Waals surface area contributed by atoms with Crippen LogP contribution in [0.2, 0.25) is 5.02 Å². The SMILES string of the molecule is COc1ccc(OC)c(N(CC(=O)N(Cc2cccc(Cl)c2)C(Cc2ccccc2)C(=O)NC2CCCCC2)S(=O)(=O)c2ccc(C)cc2)c1. The highest BCUT2D eigenvalue weighted by molar-refractivity contribution is 7.92. The second kappa shape index (κ2) is 16.9. The second-order valence-electron chi connectivity index (χ2n) is 12.6. The molecule has 0 aliphatic heterocycles. The average molecular weight is 718 g/mol.